The Bertz CT molecular complexity index is 687. The van der Waals surface area contributed by atoms with Crippen molar-refractivity contribution in [3.63, 3.8) is 0 Å². The van der Waals surface area contributed by atoms with Crippen LogP contribution in [-0.4, -0.2) is 16.5 Å². The van der Waals surface area contributed by atoms with Crippen molar-refractivity contribution in [3.05, 3.63) is 33.1 Å². The van der Waals surface area contributed by atoms with E-state index in [2.05, 4.69) is 29.1 Å². The number of fused-ring (bicyclic) bond motifs is 1. The Morgan fingerprint density at radius 3 is 3.00 bits per heavy atom. The van der Waals surface area contributed by atoms with Gasteiger partial charge in [-0.2, -0.15) is 0 Å². The third-order valence-corrected chi connectivity index (χ3v) is 4.58. The van der Waals surface area contributed by atoms with Crippen LogP contribution < -0.4 is 10.9 Å². The van der Waals surface area contributed by atoms with Gasteiger partial charge in [-0.1, -0.05) is 13.8 Å². The Morgan fingerprint density at radius 2 is 2.19 bits per heavy atom. The van der Waals surface area contributed by atoms with Crippen LogP contribution in [-0.2, 0) is 12.8 Å². The summed E-state index contributed by atoms with van der Waals surface area (Å²) in [6, 6.07) is 2.04. The number of aromatic amines is 1. The van der Waals surface area contributed by atoms with Crippen LogP contribution in [0.4, 0.5) is 5.13 Å². The SMILES string of the molecule is CC(C)CNc1nc(-c2cc3c([nH]c2=O)CCCC3)cs1. The number of anilines is 1. The summed E-state index contributed by atoms with van der Waals surface area (Å²) >= 11 is 1.56. The Balaban J connectivity index is 1.88. The van der Waals surface area contributed by atoms with Gasteiger partial charge in [0.1, 0.15) is 0 Å². The van der Waals surface area contributed by atoms with Gasteiger partial charge in [-0.05, 0) is 43.2 Å². The second kappa shape index (κ2) is 6.02. The minimum atomic E-state index is -0.0173. The molecule has 0 aromatic carbocycles. The lowest BCUT2D eigenvalue weighted by molar-refractivity contribution is 0.665. The molecule has 2 aromatic rings. The molecule has 0 atom stereocenters. The summed E-state index contributed by atoms with van der Waals surface area (Å²) < 4.78 is 0. The van der Waals surface area contributed by atoms with Crippen molar-refractivity contribution < 1.29 is 0 Å². The number of hydrogen-bond donors (Lipinski definition) is 2. The Morgan fingerprint density at radius 1 is 1.38 bits per heavy atom. The minimum absolute atomic E-state index is 0.0173. The number of pyridine rings is 1. The van der Waals surface area contributed by atoms with E-state index in [-0.39, 0.29) is 5.56 Å². The molecule has 0 bridgehead atoms. The summed E-state index contributed by atoms with van der Waals surface area (Å²) in [6.45, 7) is 5.22. The standard InChI is InChI=1S/C16H21N3OS/c1-10(2)8-17-16-19-14(9-21-16)12-7-11-5-3-4-6-13(11)18-15(12)20/h7,9-10H,3-6,8H2,1-2H3,(H,17,19)(H,18,20). The third kappa shape index (κ3) is 3.18. The number of aromatic nitrogens is 2. The van der Waals surface area contributed by atoms with Crippen LogP contribution in [0.5, 0.6) is 0 Å². The van der Waals surface area contributed by atoms with Crippen molar-refractivity contribution in [2.24, 2.45) is 5.92 Å². The number of H-pyrrole nitrogens is 1. The molecule has 112 valence electrons. The first-order chi connectivity index (χ1) is 10.1. The van der Waals surface area contributed by atoms with Crippen molar-refractivity contribution in [1.29, 1.82) is 0 Å². The maximum Gasteiger partial charge on any atom is 0.257 e. The van der Waals surface area contributed by atoms with Crippen LogP contribution in [0.25, 0.3) is 11.3 Å². The number of nitrogens with zero attached hydrogens (tertiary/aromatic N) is 1. The van der Waals surface area contributed by atoms with Crippen LogP contribution in [0.2, 0.25) is 0 Å². The van der Waals surface area contributed by atoms with Gasteiger partial charge in [0, 0.05) is 17.6 Å². The molecule has 2 N–H and O–H groups in total. The molecule has 4 nitrogen and oxygen atoms in total. The molecule has 0 unspecified atom stereocenters. The van der Waals surface area contributed by atoms with Crippen molar-refractivity contribution >= 4 is 16.5 Å². The first-order valence-corrected chi connectivity index (χ1v) is 8.46. The molecule has 3 rings (SSSR count). The molecule has 1 aliphatic carbocycles. The summed E-state index contributed by atoms with van der Waals surface area (Å²) in [5, 5.41) is 6.16. The van der Waals surface area contributed by atoms with Crippen molar-refractivity contribution in [2.45, 2.75) is 39.5 Å². The molecule has 1 aliphatic rings. The zero-order valence-electron chi connectivity index (χ0n) is 12.5. The van der Waals surface area contributed by atoms with Crippen LogP contribution in [0.15, 0.2) is 16.2 Å². The molecule has 2 aromatic heterocycles. The van der Waals surface area contributed by atoms with Gasteiger partial charge in [0.05, 0.1) is 11.3 Å². The second-order valence-corrected chi connectivity index (χ2v) is 6.89. The summed E-state index contributed by atoms with van der Waals surface area (Å²) in [6.07, 6.45) is 4.42. The number of rotatable bonds is 4. The maximum absolute atomic E-state index is 12.3. The minimum Gasteiger partial charge on any atom is -0.361 e. The van der Waals surface area contributed by atoms with Crippen LogP contribution in [0, 0.1) is 5.92 Å². The number of hydrogen-bond acceptors (Lipinski definition) is 4. The number of nitrogens with one attached hydrogen (secondary N) is 2. The van der Waals surface area contributed by atoms with Gasteiger partial charge in [0.15, 0.2) is 5.13 Å². The molecular formula is C16H21N3OS. The third-order valence-electron chi connectivity index (χ3n) is 3.78. The molecule has 0 aliphatic heterocycles. The van der Waals surface area contributed by atoms with Gasteiger partial charge in [-0.3, -0.25) is 4.79 Å². The van der Waals surface area contributed by atoms with E-state index < -0.39 is 0 Å². The Kier molecular flexibility index (Phi) is 4.10. The lowest BCUT2D eigenvalue weighted by Gasteiger charge is -2.15. The van der Waals surface area contributed by atoms with E-state index in [0.717, 1.165) is 35.9 Å². The van der Waals surface area contributed by atoms with Crippen molar-refractivity contribution in [3.8, 4) is 11.3 Å². The molecule has 0 saturated carbocycles. The predicted octanol–water partition coefficient (Wildman–Crippen LogP) is 3.45. The average molecular weight is 303 g/mol. The van der Waals surface area contributed by atoms with Gasteiger partial charge in [-0.25, -0.2) is 4.98 Å². The van der Waals surface area contributed by atoms with E-state index in [1.807, 2.05) is 11.4 Å². The van der Waals surface area contributed by atoms with Gasteiger partial charge in [0.2, 0.25) is 0 Å². The summed E-state index contributed by atoms with van der Waals surface area (Å²) in [7, 11) is 0. The lowest BCUT2D eigenvalue weighted by atomic mass is 9.94. The van der Waals surface area contributed by atoms with Gasteiger partial charge in [0.25, 0.3) is 5.56 Å². The second-order valence-electron chi connectivity index (χ2n) is 6.04. The van der Waals surface area contributed by atoms with Crippen molar-refractivity contribution in [2.75, 3.05) is 11.9 Å². The van der Waals surface area contributed by atoms with Crippen LogP contribution in [0.1, 0.15) is 37.9 Å². The van der Waals surface area contributed by atoms with Gasteiger partial charge in [-0.15, -0.1) is 11.3 Å². The number of aryl methyl sites for hydroxylation is 2. The van der Waals surface area contributed by atoms with Crippen LogP contribution >= 0.6 is 11.3 Å². The van der Waals surface area contributed by atoms with E-state index in [4.69, 9.17) is 0 Å². The first kappa shape index (κ1) is 14.3. The molecule has 0 amide bonds. The fraction of sp³-hybridized carbons (Fsp3) is 0.500. The molecule has 0 saturated heterocycles. The molecule has 0 fully saturated rings. The highest BCUT2D eigenvalue weighted by atomic mass is 32.1. The first-order valence-electron chi connectivity index (χ1n) is 7.58. The smallest absolute Gasteiger partial charge is 0.257 e. The van der Waals surface area contributed by atoms with Crippen molar-refractivity contribution in [1.82, 2.24) is 9.97 Å². The topological polar surface area (TPSA) is 57.8 Å². The highest BCUT2D eigenvalue weighted by Crippen LogP contribution is 2.26. The van der Waals surface area contributed by atoms with Gasteiger partial charge < -0.3 is 10.3 Å². The molecule has 5 heteroatoms. The predicted molar refractivity (Wildman–Crippen MR) is 88.1 cm³/mol. The van der Waals surface area contributed by atoms with Crippen LogP contribution in [0.3, 0.4) is 0 Å². The highest BCUT2D eigenvalue weighted by molar-refractivity contribution is 7.14. The van der Waals surface area contributed by atoms with E-state index in [0.29, 0.717) is 11.5 Å². The molecule has 21 heavy (non-hydrogen) atoms. The van der Waals surface area contributed by atoms with E-state index in [1.165, 1.54) is 18.4 Å². The zero-order chi connectivity index (χ0) is 14.8. The summed E-state index contributed by atoms with van der Waals surface area (Å²) in [5.41, 5.74) is 3.85. The highest BCUT2D eigenvalue weighted by Gasteiger charge is 2.15. The summed E-state index contributed by atoms with van der Waals surface area (Å²) in [5.74, 6) is 0.574. The Hall–Kier alpha value is -1.62. The average Bonchev–Trinajstić information content (AvgIpc) is 2.93. The zero-order valence-corrected chi connectivity index (χ0v) is 13.3. The fourth-order valence-electron chi connectivity index (χ4n) is 2.64. The molecule has 2 heterocycles. The lowest BCUT2D eigenvalue weighted by Crippen LogP contribution is -2.17. The number of thiazole rings is 1. The molecular weight excluding hydrogens is 282 g/mol. The van der Waals surface area contributed by atoms with E-state index in [9.17, 15) is 4.79 Å². The monoisotopic (exact) mass is 303 g/mol. The van der Waals surface area contributed by atoms with Gasteiger partial charge >= 0.3 is 0 Å². The maximum atomic E-state index is 12.3. The van der Waals surface area contributed by atoms with E-state index >= 15 is 0 Å². The largest absolute Gasteiger partial charge is 0.361 e. The fourth-order valence-corrected chi connectivity index (χ4v) is 3.36. The summed E-state index contributed by atoms with van der Waals surface area (Å²) in [4.78, 5) is 19.8. The quantitative estimate of drug-likeness (QED) is 0.909. The normalized spacial score (nSPS) is 14.2. The van der Waals surface area contributed by atoms with E-state index in [1.54, 1.807) is 11.3 Å². The molecule has 0 spiro atoms. The Labute approximate surface area is 128 Å². The molecule has 0 radical (unpaired) electrons.